The van der Waals surface area contributed by atoms with Gasteiger partial charge in [0.15, 0.2) is 6.10 Å². The van der Waals surface area contributed by atoms with Crippen molar-refractivity contribution in [3.8, 4) is 0 Å². The van der Waals surface area contributed by atoms with Crippen LogP contribution in [0.1, 0.15) is 18.7 Å². The third kappa shape index (κ3) is 2.73. The Morgan fingerprint density at radius 1 is 1.69 bits per heavy atom. The van der Waals surface area contributed by atoms with E-state index in [9.17, 15) is 4.79 Å². The van der Waals surface area contributed by atoms with E-state index in [1.807, 2.05) is 6.92 Å². The van der Waals surface area contributed by atoms with Gasteiger partial charge in [-0.1, -0.05) is 11.8 Å². The molecule has 2 unspecified atom stereocenters. The third-order valence-corrected chi connectivity index (χ3v) is 3.34. The number of carbonyl (C=O) groups is 1. The van der Waals surface area contributed by atoms with Crippen LogP contribution in [-0.2, 0) is 9.53 Å². The fourth-order valence-corrected chi connectivity index (χ4v) is 2.46. The van der Waals surface area contributed by atoms with E-state index in [2.05, 4.69) is 15.2 Å². The van der Waals surface area contributed by atoms with Gasteiger partial charge in [-0.15, -0.1) is 5.10 Å². The molecule has 0 aromatic carbocycles. The minimum atomic E-state index is -0.874. The van der Waals surface area contributed by atoms with Gasteiger partial charge in [-0.3, -0.25) is 5.10 Å². The molecule has 1 aromatic heterocycles. The zero-order valence-corrected chi connectivity index (χ0v) is 9.66. The van der Waals surface area contributed by atoms with Crippen LogP contribution in [0.25, 0.3) is 0 Å². The van der Waals surface area contributed by atoms with E-state index in [1.54, 1.807) is 0 Å². The Kier molecular flexibility index (Phi) is 3.45. The van der Waals surface area contributed by atoms with Crippen LogP contribution in [0.2, 0.25) is 0 Å². The molecule has 2 rings (SSSR count). The third-order valence-electron chi connectivity index (χ3n) is 2.36. The summed E-state index contributed by atoms with van der Waals surface area (Å²) in [5, 5.41) is 16.2. The molecule has 1 fully saturated rings. The van der Waals surface area contributed by atoms with E-state index in [1.165, 1.54) is 11.8 Å². The quantitative estimate of drug-likeness (QED) is 0.762. The highest BCUT2D eigenvalue weighted by Crippen LogP contribution is 2.25. The average molecular weight is 243 g/mol. The lowest BCUT2D eigenvalue weighted by Gasteiger charge is -2.08. The Hall–Kier alpha value is -1.08. The lowest BCUT2D eigenvalue weighted by atomic mass is 10.2. The number of carboxylic acids is 1. The van der Waals surface area contributed by atoms with E-state index in [0.717, 1.165) is 12.2 Å². The van der Waals surface area contributed by atoms with Crippen LogP contribution in [0.5, 0.6) is 0 Å². The second-order valence-corrected chi connectivity index (χ2v) is 4.66. The van der Waals surface area contributed by atoms with Crippen molar-refractivity contribution < 1.29 is 14.6 Å². The maximum atomic E-state index is 10.7. The molecule has 1 aliphatic rings. The Balaban J connectivity index is 1.77. The number of aryl methyl sites for hydroxylation is 1. The smallest absolute Gasteiger partial charge is 0.332 e. The van der Waals surface area contributed by atoms with Gasteiger partial charge in [-0.05, 0) is 19.8 Å². The molecule has 0 radical (unpaired) electrons. The van der Waals surface area contributed by atoms with E-state index >= 15 is 0 Å². The zero-order valence-electron chi connectivity index (χ0n) is 8.84. The van der Waals surface area contributed by atoms with Crippen LogP contribution in [0.15, 0.2) is 5.16 Å². The number of aromatic amines is 1. The summed E-state index contributed by atoms with van der Waals surface area (Å²) in [4.78, 5) is 14.8. The molecule has 0 bridgehead atoms. The molecule has 16 heavy (non-hydrogen) atoms. The van der Waals surface area contributed by atoms with Crippen LogP contribution < -0.4 is 0 Å². The van der Waals surface area contributed by atoms with Crippen LogP contribution in [0.4, 0.5) is 0 Å². The Labute approximate surface area is 96.8 Å². The predicted octanol–water partition coefficient (Wildman–Crippen LogP) is 0.837. The lowest BCUT2D eigenvalue weighted by molar-refractivity contribution is -0.148. The van der Waals surface area contributed by atoms with Gasteiger partial charge < -0.3 is 9.84 Å². The van der Waals surface area contributed by atoms with E-state index in [0.29, 0.717) is 17.3 Å². The number of thioether (sulfide) groups is 1. The van der Waals surface area contributed by atoms with Crippen LogP contribution >= 0.6 is 11.8 Å². The van der Waals surface area contributed by atoms with E-state index in [4.69, 9.17) is 9.84 Å². The summed E-state index contributed by atoms with van der Waals surface area (Å²) in [6, 6.07) is 0. The summed E-state index contributed by atoms with van der Waals surface area (Å²) in [5.41, 5.74) is 0. The zero-order chi connectivity index (χ0) is 11.5. The molecule has 2 heterocycles. The van der Waals surface area contributed by atoms with Crippen LogP contribution in [-0.4, -0.2) is 44.2 Å². The number of hydrogen-bond acceptors (Lipinski definition) is 5. The summed E-state index contributed by atoms with van der Waals surface area (Å²) in [5.74, 6) is 0.598. The molecule has 6 nitrogen and oxygen atoms in total. The van der Waals surface area contributed by atoms with Crippen molar-refractivity contribution in [3.05, 3.63) is 5.82 Å². The Morgan fingerprint density at radius 2 is 2.50 bits per heavy atom. The van der Waals surface area contributed by atoms with E-state index < -0.39 is 12.1 Å². The number of aliphatic carboxylic acids is 1. The standard InChI is InChI=1S/C9H13N3O3S/c1-5-10-9(12-11-5)16-4-6-2-3-7(15-6)8(13)14/h6-7H,2-4H2,1H3,(H,13,14)(H,10,11,12). The number of aromatic nitrogens is 3. The van der Waals surface area contributed by atoms with Crippen molar-refractivity contribution in [1.82, 2.24) is 15.2 Å². The van der Waals surface area contributed by atoms with Gasteiger partial charge in [0.05, 0.1) is 6.10 Å². The number of H-pyrrole nitrogens is 1. The lowest BCUT2D eigenvalue weighted by Crippen LogP contribution is -2.21. The maximum Gasteiger partial charge on any atom is 0.332 e. The van der Waals surface area contributed by atoms with Crippen LogP contribution in [0, 0.1) is 6.92 Å². The molecule has 7 heteroatoms. The molecule has 0 amide bonds. The summed E-state index contributed by atoms with van der Waals surface area (Å²) in [7, 11) is 0. The van der Waals surface area contributed by atoms with Gasteiger partial charge in [-0.25, -0.2) is 9.78 Å². The number of carboxylic acid groups (broad SMARTS) is 1. The molecular formula is C9H13N3O3S. The van der Waals surface area contributed by atoms with Crippen molar-refractivity contribution >= 4 is 17.7 Å². The molecule has 1 aromatic rings. The minimum Gasteiger partial charge on any atom is -0.479 e. The summed E-state index contributed by atoms with van der Waals surface area (Å²) >= 11 is 1.48. The van der Waals surface area contributed by atoms with Gasteiger partial charge >= 0.3 is 5.97 Å². The van der Waals surface area contributed by atoms with Crippen molar-refractivity contribution in [1.29, 1.82) is 0 Å². The highest BCUT2D eigenvalue weighted by atomic mass is 32.2. The number of ether oxygens (including phenoxy) is 1. The fourth-order valence-electron chi connectivity index (χ4n) is 1.56. The predicted molar refractivity (Wildman–Crippen MR) is 57.4 cm³/mol. The second kappa shape index (κ2) is 4.84. The molecule has 0 aliphatic carbocycles. The normalized spacial score (nSPS) is 24.8. The first-order chi connectivity index (χ1) is 7.65. The summed E-state index contributed by atoms with van der Waals surface area (Å²) in [6.07, 6.45) is 0.727. The Bertz CT molecular complexity index is 382. The van der Waals surface area contributed by atoms with Gasteiger partial charge in [0, 0.05) is 5.75 Å². The molecule has 0 spiro atoms. The van der Waals surface area contributed by atoms with Gasteiger partial charge in [0.2, 0.25) is 5.16 Å². The monoisotopic (exact) mass is 243 g/mol. The second-order valence-electron chi connectivity index (χ2n) is 3.68. The molecule has 1 saturated heterocycles. The van der Waals surface area contributed by atoms with Crippen molar-refractivity contribution in [2.75, 3.05) is 5.75 Å². The first-order valence-corrected chi connectivity index (χ1v) is 6.04. The highest BCUT2D eigenvalue weighted by Gasteiger charge is 2.30. The van der Waals surface area contributed by atoms with Crippen molar-refractivity contribution in [3.63, 3.8) is 0 Å². The number of rotatable bonds is 4. The van der Waals surface area contributed by atoms with Crippen LogP contribution in [0.3, 0.4) is 0 Å². The van der Waals surface area contributed by atoms with Gasteiger partial charge in [0.1, 0.15) is 5.82 Å². The molecule has 2 atom stereocenters. The summed E-state index contributed by atoms with van der Waals surface area (Å²) < 4.78 is 5.37. The SMILES string of the molecule is Cc1nc(SCC2CCC(C(=O)O)O2)n[nH]1. The summed E-state index contributed by atoms with van der Waals surface area (Å²) in [6.45, 7) is 1.84. The number of nitrogens with one attached hydrogen (secondary N) is 1. The van der Waals surface area contributed by atoms with Crippen molar-refractivity contribution in [2.45, 2.75) is 37.1 Å². The molecule has 2 N–H and O–H groups in total. The maximum absolute atomic E-state index is 10.7. The molecular weight excluding hydrogens is 230 g/mol. The topological polar surface area (TPSA) is 88.1 Å². The fraction of sp³-hybridized carbons (Fsp3) is 0.667. The average Bonchev–Trinajstić information content (AvgIpc) is 2.83. The largest absolute Gasteiger partial charge is 0.479 e. The molecule has 0 saturated carbocycles. The van der Waals surface area contributed by atoms with Gasteiger partial charge in [0.25, 0.3) is 0 Å². The molecule has 88 valence electrons. The van der Waals surface area contributed by atoms with E-state index in [-0.39, 0.29) is 6.10 Å². The first kappa shape index (κ1) is 11.4. The van der Waals surface area contributed by atoms with Crippen molar-refractivity contribution in [2.24, 2.45) is 0 Å². The minimum absolute atomic E-state index is 0.00935. The van der Waals surface area contributed by atoms with Gasteiger partial charge in [-0.2, -0.15) is 0 Å². The highest BCUT2D eigenvalue weighted by molar-refractivity contribution is 7.99. The number of hydrogen-bond donors (Lipinski definition) is 2. The number of nitrogens with zero attached hydrogens (tertiary/aromatic N) is 2. The Morgan fingerprint density at radius 3 is 3.06 bits per heavy atom. The first-order valence-electron chi connectivity index (χ1n) is 5.05. The molecule has 1 aliphatic heterocycles.